The van der Waals surface area contributed by atoms with Gasteiger partial charge in [0, 0.05) is 5.56 Å². The molecule has 4 rings (SSSR count). The van der Waals surface area contributed by atoms with E-state index in [0.717, 1.165) is 12.8 Å². The monoisotopic (exact) mass is 259 g/mol. The first-order valence-corrected chi connectivity index (χ1v) is 6.45. The molecular formula is C13H13N3O3. The fourth-order valence-electron chi connectivity index (χ4n) is 3.02. The van der Waals surface area contributed by atoms with Gasteiger partial charge in [-0.05, 0) is 41.4 Å². The van der Waals surface area contributed by atoms with Gasteiger partial charge in [0.25, 0.3) is 5.91 Å². The molecule has 2 atom stereocenters. The number of morpholine rings is 1. The van der Waals surface area contributed by atoms with Gasteiger partial charge in [-0.2, -0.15) is 0 Å². The van der Waals surface area contributed by atoms with Crippen LogP contribution in [-0.2, 0) is 4.74 Å². The Labute approximate surface area is 109 Å². The van der Waals surface area contributed by atoms with Crippen molar-refractivity contribution in [1.29, 1.82) is 0 Å². The van der Waals surface area contributed by atoms with E-state index in [-0.39, 0.29) is 18.0 Å². The number of ether oxygens (including phenoxy) is 1. The molecule has 3 heterocycles. The molecule has 19 heavy (non-hydrogen) atoms. The molecule has 2 saturated heterocycles. The Morgan fingerprint density at radius 1 is 1.16 bits per heavy atom. The quantitative estimate of drug-likeness (QED) is 0.770. The van der Waals surface area contributed by atoms with Crippen LogP contribution in [0.3, 0.4) is 0 Å². The van der Waals surface area contributed by atoms with Crippen molar-refractivity contribution >= 4 is 16.9 Å². The molecule has 0 saturated carbocycles. The highest BCUT2D eigenvalue weighted by atomic mass is 16.6. The summed E-state index contributed by atoms with van der Waals surface area (Å²) in [6.07, 6.45) is 2.06. The van der Waals surface area contributed by atoms with Crippen molar-refractivity contribution in [1.82, 2.24) is 15.2 Å². The number of benzene rings is 1. The van der Waals surface area contributed by atoms with Crippen molar-refractivity contribution < 1.29 is 14.2 Å². The summed E-state index contributed by atoms with van der Waals surface area (Å²) < 4.78 is 10.2. The minimum absolute atomic E-state index is 0.0562. The number of hydrogen-bond donors (Lipinski definition) is 0. The highest BCUT2D eigenvalue weighted by molar-refractivity contribution is 5.97. The molecule has 0 radical (unpaired) electrons. The van der Waals surface area contributed by atoms with Gasteiger partial charge in [0.1, 0.15) is 11.0 Å². The van der Waals surface area contributed by atoms with Gasteiger partial charge in [0.05, 0.1) is 25.3 Å². The number of aromatic nitrogens is 2. The number of rotatable bonds is 1. The molecule has 1 aromatic carbocycles. The number of carbonyl (C=O) groups excluding carboxylic acids is 1. The van der Waals surface area contributed by atoms with Crippen molar-refractivity contribution in [2.75, 3.05) is 13.2 Å². The highest BCUT2D eigenvalue weighted by Gasteiger charge is 2.40. The molecule has 2 aliphatic rings. The molecule has 2 fully saturated rings. The maximum atomic E-state index is 12.6. The molecule has 6 heteroatoms. The van der Waals surface area contributed by atoms with Gasteiger partial charge in [-0.15, -0.1) is 0 Å². The second kappa shape index (κ2) is 4.03. The summed E-state index contributed by atoms with van der Waals surface area (Å²) in [7, 11) is 0. The van der Waals surface area contributed by atoms with Gasteiger partial charge < -0.3 is 9.64 Å². The summed E-state index contributed by atoms with van der Waals surface area (Å²) in [4.78, 5) is 14.6. The zero-order chi connectivity index (χ0) is 12.8. The third-order valence-electron chi connectivity index (χ3n) is 3.98. The van der Waals surface area contributed by atoms with Gasteiger partial charge in [-0.1, -0.05) is 0 Å². The number of amides is 1. The molecule has 0 aliphatic carbocycles. The van der Waals surface area contributed by atoms with Crippen molar-refractivity contribution in [3.63, 3.8) is 0 Å². The minimum Gasteiger partial charge on any atom is -0.377 e. The van der Waals surface area contributed by atoms with Gasteiger partial charge >= 0.3 is 0 Å². The van der Waals surface area contributed by atoms with E-state index >= 15 is 0 Å². The second-order valence-corrected chi connectivity index (χ2v) is 5.10. The summed E-state index contributed by atoms with van der Waals surface area (Å²) in [5.74, 6) is 0.0562. The van der Waals surface area contributed by atoms with Gasteiger partial charge in [-0.3, -0.25) is 4.79 Å². The first-order chi connectivity index (χ1) is 9.33. The average Bonchev–Trinajstić information content (AvgIpc) is 2.99. The van der Waals surface area contributed by atoms with Crippen LogP contribution in [0, 0.1) is 0 Å². The molecular weight excluding hydrogens is 246 g/mol. The van der Waals surface area contributed by atoms with Crippen LogP contribution in [0.15, 0.2) is 22.8 Å². The zero-order valence-electron chi connectivity index (χ0n) is 10.3. The average molecular weight is 259 g/mol. The minimum atomic E-state index is 0.0562. The summed E-state index contributed by atoms with van der Waals surface area (Å²) in [5.41, 5.74) is 1.93. The smallest absolute Gasteiger partial charge is 0.254 e. The second-order valence-electron chi connectivity index (χ2n) is 5.10. The van der Waals surface area contributed by atoms with Gasteiger partial charge in [0.2, 0.25) is 0 Å². The van der Waals surface area contributed by atoms with Gasteiger partial charge in [0.15, 0.2) is 0 Å². The fourth-order valence-corrected chi connectivity index (χ4v) is 3.02. The Morgan fingerprint density at radius 3 is 2.68 bits per heavy atom. The zero-order valence-corrected chi connectivity index (χ0v) is 10.3. The first-order valence-electron chi connectivity index (χ1n) is 6.45. The molecule has 0 spiro atoms. The maximum absolute atomic E-state index is 12.6. The van der Waals surface area contributed by atoms with E-state index in [1.807, 2.05) is 4.90 Å². The van der Waals surface area contributed by atoms with Gasteiger partial charge in [-0.25, -0.2) is 4.63 Å². The van der Waals surface area contributed by atoms with E-state index in [2.05, 4.69) is 14.9 Å². The topological polar surface area (TPSA) is 68.5 Å². The summed E-state index contributed by atoms with van der Waals surface area (Å²) in [5, 5.41) is 7.52. The third kappa shape index (κ3) is 1.63. The Hall–Kier alpha value is -1.95. The molecule has 2 aliphatic heterocycles. The Morgan fingerprint density at radius 2 is 1.89 bits per heavy atom. The molecule has 1 amide bonds. The van der Waals surface area contributed by atoms with Crippen LogP contribution in [-0.4, -0.2) is 46.4 Å². The van der Waals surface area contributed by atoms with E-state index in [4.69, 9.17) is 4.74 Å². The molecule has 1 aromatic heterocycles. The lowest BCUT2D eigenvalue weighted by molar-refractivity contribution is -0.00715. The third-order valence-corrected chi connectivity index (χ3v) is 3.98. The van der Waals surface area contributed by atoms with Crippen LogP contribution in [0.25, 0.3) is 11.0 Å². The lowest BCUT2D eigenvalue weighted by atomic mass is 10.1. The Balaban J connectivity index is 1.69. The Bertz CT molecular complexity index is 623. The SMILES string of the molecule is O=C(c1ccc2nonc2c1)N1C2CCC1COC2. The van der Waals surface area contributed by atoms with Crippen LogP contribution in [0.2, 0.25) is 0 Å². The highest BCUT2D eigenvalue weighted by Crippen LogP contribution is 2.30. The number of carbonyl (C=O) groups is 1. The van der Waals surface area contributed by atoms with E-state index < -0.39 is 0 Å². The molecule has 6 nitrogen and oxygen atoms in total. The lowest BCUT2D eigenvalue weighted by Crippen LogP contribution is -2.49. The van der Waals surface area contributed by atoms with E-state index in [0.29, 0.717) is 29.8 Å². The van der Waals surface area contributed by atoms with Crippen LogP contribution >= 0.6 is 0 Å². The molecule has 2 unspecified atom stereocenters. The number of hydrogen-bond acceptors (Lipinski definition) is 5. The predicted octanol–water partition coefficient (Wildman–Crippen LogP) is 1.23. The van der Waals surface area contributed by atoms with E-state index in [1.54, 1.807) is 18.2 Å². The molecule has 0 N–H and O–H groups in total. The van der Waals surface area contributed by atoms with Crippen LogP contribution in [0.5, 0.6) is 0 Å². The van der Waals surface area contributed by atoms with Crippen LogP contribution in [0.1, 0.15) is 23.2 Å². The van der Waals surface area contributed by atoms with Crippen LogP contribution in [0.4, 0.5) is 0 Å². The van der Waals surface area contributed by atoms with Crippen molar-refractivity contribution in [3.05, 3.63) is 23.8 Å². The summed E-state index contributed by atoms with van der Waals surface area (Å²) in [6, 6.07) is 5.73. The number of fused-ring (bicyclic) bond motifs is 3. The maximum Gasteiger partial charge on any atom is 0.254 e. The molecule has 98 valence electrons. The summed E-state index contributed by atoms with van der Waals surface area (Å²) in [6.45, 7) is 1.30. The normalized spacial score (nSPS) is 26.0. The number of nitrogens with zero attached hydrogens (tertiary/aromatic N) is 3. The predicted molar refractivity (Wildman–Crippen MR) is 65.6 cm³/mol. The first kappa shape index (κ1) is 10.9. The molecule has 2 bridgehead atoms. The Kier molecular flexibility index (Phi) is 2.32. The van der Waals surface area contributed by atoms with E-state index in [9.17, 15) is 4.79 Å². The van der Waals surface area contributed by atoms with Crippen molar-refractivity contribution in [2.45, 2.75) is 24.9 Å². The standard InChI is InChI=1S/C13H13N3O3/c17-13(16-9-2-3-10(16)7-18-6-9)8-1-4-11-12(5-8)15-19-14-11/h1,4-5,9-10H,2-3,6-7H2. The molecule has 2 aromatic rings. The van der Waals surface area contributed by atoms with Crippen molar-refractivity contribution in [3.8, 4) is 0 Å². The fraction of sp³-hybridized carbons (Fsp3) is 0.462. The van der Waals surface area contributed by atoms with Crippen LogP contribution < -0.4 is 0 Å². The largest absolute Gasteiger partial charge is 0.377 e. The van der Waals surface area contributed by atoms with Crippen molar-refractivity contribution in [2.24, 2.45) is 0 Å². The summed E-state index contributed by atoms with van der Waals surface area (Å²) >= 11 is 0. The van der Waals surface area contributed by atoms with E-state index in [1.165, 1.54) is 0 Å². The lowest BCUT2D eigenvalue weighted by Gasteiger charge is -2.34.